The SMILES string of the molecule is CCNC(=NCC(O)c1ccccc1Cl)NCCCNC(=O)OC(C)(C)C.I. The van der Waals surface area contributed by atoms with Crippen molar-refractivity contribution in [1.82, 2.24) is 16.0 Å². The van der Waals surface area contributed by atoms with E-state index >= 15 is 0 Å². The number of alkyl carbamates (subject to hydrolysis) is 1. The van der Waals surface area contributed by atoms with Crippen LogP contribution in [-0.4, -0.2) is 48.9 Å². The third-order valence-electron chi connectivity index (χ3n) is 3.35. The highest BCUT2D eigenvalue weighted by Gasteiger charge is 2.15. The van der Waals surface area contributed by atoms with Crippen molar-refractivity contribution in [3.05, 3.63) is 34.9 Å². The molecule has 1 atom stereocenters. The van der Waals surface area contributed by atoms with Gasteiger partial charge in [0.2, 0.25) is 0 Å². The Labute approximate surface area is 189 Å². The number of nitrogens with zero attached hydrogens (tertiary/aromatic N) is 1. The number of aliphatic imine (C=N–C) groups is 1. The molecule has 1 aromatic rings. The molecule has 9 heteroatoms. The van der Waals surface area contributed by atoms with Crippen LogP contribution in [0.1, 0.15) is 45.8 Å². The summed E-state index contributed by atoms with van der Waals surface area (Å²) in [6, 6.07) is 7.17. The van der Waals surface area contributed by atoms with Gasteiger partial charge >= 0.3 is 6.09 Å². The van der Waals surface area contributed by atoms with Crippen molar-refractivity contribution in [2.45, 2.75) is 45.8 Å². The molecule has 160 valence electrons. The van der Waals surface area contributed by atoms with Gasteiger partial charge in [-0.25, -0.2) is 4.79 Å². The first-order chi connectivity index (χ1) is 12.7. The van der Waals surface area contributed by atoms with Gasteiger partial charge < -0.3 is 25.8 Å². The van der Waals surface area contributed by atoms with E-state index in [4.69, 9.17) is 16.3 Å². The van der Waals surface area contributed by atoms with Gasteiger partial charge in [0.15, 0.2) is 5.96 Å². The van der Waals surface area contributed by atoms with Crippen LogP contribution in [0.2, 0.25) is 5.02 Å². The zero-order valence-electron chi connectivity index (χ0n) is 16.9. The Morgan fingerprint density at radius 1 is 1.21 bits per heavy atom. The fraction of sp³-hybridized carbons (Fsp3) is 0.579. The Balaban J connectivity index is 0.00000729. The number of rotatable bonds is 8. The molecule has 1 unspecified atom stereocenters. The number of halogens is 2. The van der Waals surface area contributed by atoms with Gasteiger partial charge in [-0.1, -0.05) is 29.8 Å². The molecule has 4 N–H and O–H groups in total. The predicted molar refractivity (Wildman–Crippen MR) is 125 cm³/mol. The van der Waals surface area contributed by atoms with Gasteiger partial charge in [-0.15, -0.1) is 24.0 Å². The van der Waals surface area contributed by atoms with Crippen molar-refractivity contribution in [2.75, 3.05) is 26.2 Å². The number of carbonyl (C=O) groups is 1. The molecular formula is C19H32ClIN4O3. The Morgan fingerprint density at radius 2 is 1.86 bits per heavy atom. The summed E-state index contributed by atoms with van der Waals surface area (Å²) in [6.07, 6.45) is -0.495. The summed E-state index contributed by atoms with van der Waals surface area (Å²) < 4.78 is 5.18. The van der Waals surface area contributed by atoms with E-state index in [9.17, 15) is 9.90 Å². The summed E-state index contributed by atoms with van der Waals surface area (Å²) in [4.78, 5) is 16.0. The fourth-order valence-electron chi connectivity index (χ4n) is 2.16. The highest BCUT2D eigenvalue weighted by Crippen LogP contribution is 2.22. The van der Waals surface area contributed by atoms with E-state index in [1.165, 1.54) is 0 Å². The third kappa shape index (κ3) is 11.6. The average Bonchev–Trinajstić information content (AvgIpc) is 2.57. The first-order valence-electron chi connectivity index (χ1n) is 9.14. The minimum Gasteiger partial charge on any atom is -0.444 e. The Bertz CT molecular complexity index is 623. The van der Waals surface area contributed by atoms with Gasteiger partial charge in [0.05, 0.1) is 6.54 Å². The number of aliphatic hydroxyl groups is 1. The number of ether oxygens (including phenoxy) is 1. The van der Waals surface area contributed by atoms with Crippen molar-refractivity contribution < 1.29 is 14.6 Å². The Kier molecular flexibility index (Phi) is 13.2. The number of guanidine groups is 1. The van der Waals surface area contributed by atoms with E-state index in [-0.39, 0.29) is 30.5 Å². The number of benzene rings is 1. The monoisotopic (exact) mass is 526 g/mol. The first kappa shape index (κ1) is 26.7. The summed E-state index contributed by atoms with van der Waals surface area (Å²) in [5, 5.41) is 19.8. The molecule has 0 aromatic heterocycles. The molecule has 0 bridgehead atoms. The Hall–Kier alpha value is -1.26. The summed E-state index contributed by atoms with van der Waals surface area (Å²) >= 11 is 6.10. The second-order valence-electron chi connectivity index (χ2n) is 6.97. The molecule has 7 nitrogen and oxygen atoms in total. The molecule has 0 saturated carbocycles. The maximum atomic E-state index is 11.6. The molecule has 28 heavy (non-hydrogen) atoms. The standard InChI is InChI=1S/C19H31ClN4O3.HI/c1-5-21-17(22-11-8-12-23-18(26)27-19(2,3)4)24-13-16(25)14-9-6-7-10-15(14)20;/h6-7,9-10,16,25H,5,8,11-13H2,1-4H3,(H,23,26)(H2,21,22,24);1H. The maximum Gasteiger partial charge on any atom is 0.407 e. The summed E-state index contributed by atoms with van der Waals surface area (Å²) in [6.45, 7) is 9.43. The van der Waals surface area contributed by atoms with Crippen molar-refractivity contribution in [3.63, 3.8) is 0 Å². The number of aliphatic hydroxyl groups excluding tert-OH is 1. The van der Waals surface area contributed by atoms with Crippen LogP contribution in [0.15, 0.2) is 29.3 Å². The molecule has 1 amide bonds. The molecule has 1 rings (SSSR count). The third-order valence-corrected chi connectivity index (χ3v) is 3.69. The van der Waals surface area contributed by atoms with Crippen molar-refractivity contribution in [2.24, 2.45) is 4.99 Å². The van der Waals surface area contributed by atoms with Crippen LogP contribution >= 0.6 is 35.6 Å². The number of nitrogens with one attached hydrogen (secondary N) is 3. The van der Waals surface area contributed by atoms with Gasteiger partial charge in [0, 0.05) is 30.2 Å². The summed E-state index contributed by atoms with van der Waals surface area (Å²) in [7, 11) is 0. The molecular weight excluding hydrogens is 495 g/mol. The van der Waals surface area contributed by atoms with Crippen LogP contribution in [-0.2, 0) is 4.74 Å². The number of amides is 1. The molecule has 0 fully saturated rings. The van der Waals surface area contributed by atoms with Crippen LogP contribution in [0.25, 0.3) is 0 Å². The predicted octanol–water partition coefficient (Wildman–Crippen LogP) is 3.46. The minimum absolute atomic E-state index is 0. The highest BCUT2D eigenvalue weighted by atomic mass is 127. The average molecular weight is 527 g/mol. The van der Waals surface area contributed by atoms with Gasteiger partial charge in [0.1, 0.15) is 11.7 Å². The summed E-state index contributed by atoms with van der Waals surface area (Å²) in [5.41, 5.74) is 0.149. The fourth-order valence-corrected chi connectivity index (χ4v) is 2.42. The second kappa shape index (κ2) is 13.8. The smallest absolute Gasteiger partial charge is 0.407 e. The van der Waals surface area contributed by atoms with Crippen LogP contribution in [0.4, 0.5) is 4.79 Å². The lowest BCUT2D eigenvalue weighted by molar-refractivity contribution is 0.0527. The van der Waals surface area contributed by atoms with E-state index in [0.717, 1.165) is 0 Å². The van der Waals surface area contributed by atoms with Gasteiger partial charge in [-0.2, -0.15) is 0 Å². The maximum absolute atomic E-state index is 11.6. The van der Waals surface area contributed by atoms with Crippen LogP contribution < -0.4 is 16.0 Å². The van der Waals surface area contributed by atoms with E-state index in [1.807, 2.05) is 39.8 Å². The largest absolute Gasteiger partial charge is 0.444 e. The molecule has 0 radical (unpaired) electrons. The normalized spacial score (nSPS) is 12.6. The molecule has 0 aliphatic heterocycles. The number of carbonyl (C=O) groups excluding carboxylic acids is 1. The molecule has 0 aliphatic carbocycles. The lowest BCUT2D eigenvalue weighted by Gasteiger charge is -2.19. The van der Waals surface area contributed by atoms with E-state index in [0.29, 0.717) is 42.6 Å². The van der Waals surface area contributed by atoms with Crippen molar-refractivity contribution in [3.8, 4) is 0 Å². The van der Waals surface area contributed by atoms with Gasteiger partial charge in [-0.05, 0) is 40.2 Å². The van der Waals surface area contributed by atoms with E-state index < -0.39 is 17.8 Å². The zero-order valence-corrected chi connectivity index (χ0v) is 20.0. The number of hydrogen-bond donors (Lipinski definition) is 4. The summed E-state index contributed by atoms with van der Waals surface area (Å²) in [5.74, 6) is 0.598. The molecule has 0 spiro atoms. The highest BCUT2D eigenvalue weighted by molar-refractivity contribution is 14.0. The lowest BCUT2D eigenvalue weighted by atomic mass is 10.1. The minimum atomic E-state index is -0.775. The van der Waals surface area contributed by atoms with Crippen LogP contribution in [0, 0.1) is 0 Å². The van der Waals surface area contributed by atoms with Crippen LogP contribution in [0.3, 0.4) is 0 Å². The zero-order chi connectivity index (χ0) is 20.3. The lowest BCUT2D eigenvalue weighted by Crippen LogP contribution is -2.39. The second-order valence-corrected chi connectivity index (χ2v) is 7.37. The topological polar surface area (TPSA) is 95.0 Å². The van der Waals surface area contributed by atoms with E-state index in [1.54, 1.807) is 12.1 Å². The first-order valence-corrected chi connectivity index (χ1v) is 9.52. The van der Waals surface area contributed by atoms with Gasteiger partial charge in [0.25, 0.3) is 0 Å². The molecule has 1 aromatic carbocycles. The molecule has 0 heterocycles. The number of hydrogen-bond acceptors (Lipinski definition) is 4. The Morgan fingerprint density at radius 3 is 2.46 bits per heavy atom. The molecule has 0 aliphatic rings. The van der Waals surface area contributed by atoms with Crippen molar-refractivity contribution in [1.29, 1.82) is 0 Å². The van der Waals surface area contributed by atoms with E-state index in [2.05, 4.69) is 20.9 Å². The molecule has 0 saturated heterocycles. The van der Waals surface area contributed by atoms with Crippen LogP contribution in [0.5, 0.6) is 0 Å². The van der Waals surface area contributed by atoms with Gasteiger partial charge in [-0.3, -0.25) is 4.99 Å². The quantitative estimate of drug-likeness (QED) is 0.180. The van der Waals surface area contributed by atoms with Crippen molar-refractivity contribution >= 4 is 47.6 Å².